The maximum Gasteiger partial charge on any atom is 0.419 e. The summed E-state index contributed by atoms with van der Waals surface area (Å²) in [5, 5.41) is 40.0. The van der Waals surface area contributed by atoms with E-state index < -0.39 is 17.7 Å². The number of nitrogens with one attached hydrogen (secondary N) is 2. The molecule has 4 aromatic heterocycles. The number of aromatic amines is 1. The molecule has 0 saturated heterocycles. The quantitative estimate of drug-likeness (QED) is 0.0687. The number of phenols is 1. The van der Waals surface area contributed by atoms with Crippen molar-refractivity contribution in [1.82, 2.24) is 19.8 Å². The highest BCUT2D eigenvalue weighted by Gasteiger charge is 2.45. The second kappa shape index (κ2) is 16.4. The molecule has 1 fully saturated rings. The molecule has 1 saturated carbocycles. The van der Waals surface area contributed by atoms with E-state index in [1.807, 2.05) is 41.1 Å². The molecule has 0 aliphatic heterocycles. The van der Waals surface area contributed by atoms with Gasteiger partial charge in [0.05, 0.1) is 26.9 Å². The molecule has 0 radical (unpaired) electrons. The zero-order valence-corrected chi connectivity index (χ0v) is 31.5. The summed E-state index contributed by atoms with van der Waals surface area (Å²) in [5.41, 5.74) is 1.04. The average Bonchev–Trinajstić information content (AvgIpc) is 3.97. The van der Waals surface area contributed by atoms with E-state index in [1.165, 1.54) is 34.8 Å². The topological polar surface area (TPSA) is 170 Å². The van der Waals surface area contributed by atoms with Crippen molar-refractivity contribution in [3.05, 3.63) is 119 Å². The van der Waals surface area contributed by atoms with Crippen molar-refractivity contribution in [1.29, 1.82) is 0 Å². The van der Waals surface area contributed by atoms with E-state index in [0.717, 1.165) is 36.9 Å². The van der Waals surface area contributed by atoms with Gasteiger partial charge in [-0.15, -0.1) is 22.7 Å². The van der Waals surface area contributed by atoms with Gasteiger partial charge in [-0.1, -0.05) is 24.3 Å². The van der Waals surface area contributed by atoms with Crippen LogP contribution in [0.15, 0.2) is 91.5 Å². The normalized spacial score (nSPS) is 17.0. The van der Waals surface area contributed by atoms with Crippen molar-refractivity contribution < 1.29 is 29.3 Å². The first-order valence-electron chi connectivity index (χ1n) is 18.2. The first-order chi connectivity index (χ1) is 26.1. The molecule has 0 unspecified atom stereocenters. The summed E-state index contributed by atoms with van der Waals surface area (Å²) in [4.78, 5) is 43.9. The standard InChI is InChI=1S/C40H44N4O8S2/c1-43(26-8-10-27(11-9-26)51-38(48)40(50,34-5-2-21-53-34)35-6-3-22-54-35)19-4-20-44-30-14-7-25(23-33(30)52-39(44)49)17-18-41-24-32(46)28-12-15-31(45)37-29(28)13-16-36(47)42-37/h2-3,5-7,12-16,21-23,26-27,32,41,45-46,50H,4,8-11,17-20,24H2,1H3,(H,42,47)/t26-,27-,32-/m0/s1. The fourth-order valence-corrected chi connectivity index (χ4v) is 9.12. The van der Waals surface area contributed by atoms with Crippen LogP contribution in [0.2, 0.25) is 0 Å². The number of aromatic nitrogens is 2. The third-order valence-corrected chi connectivity index (χ3v) is 12.4. The number of aromatic hydroxyl groups is 1. The van der Waals surface area contributed by atoms with Crippen LogP contribution in [0.5, 0.6) is 5.75 Å². The number of pyridine rings is 1. The molecule has 284 valence electrons. The Morgan fingerprint density at radius 1 is 1.06 bits per heavy atom. The lowest BCUT2D eigenvalue weighted by atomic mass is 9.91. The Kier molecular flexibility index (Phi) is 11.5. The molecule has 4 heterocycles. The van der Waals surface area contributed by atoms with E-state index >= 15 is 0 Å². The highest BCUT2D eigenvalue weighted by Crippen LogP contribution is 2.38. The van der Waals surface area contributed by atoms with Gasteiger partial charge in [-0.3, -0.25) is 9.36 Å². The van der Waals surface area contributed by atoms with E-state index in [2.05, 4.69) is 22.2 Å². The summed E-state index contributed by atoms with van der Waals surface area (Å²) in [7, 11) is 2.09. The van der Waals surface area contributed by atoms with Crippen LogP contribution in [0, 0.1) is 0 Å². The van der Waals surface area contributed by atoms with Gasteiger partial charge in [-0.05, 0) is 117 Å². The number of H-pyrrole nitrogens is 1. The Balaban J connectivity index is 0.862. The number of rotatable bonds is 15. The van der Waals surface area contributed by atoms with Gasteiger partial charge in [0.2, 0.25) is 11.2 Å². The molecule has 6 aromatic rings. The lowest BCUT2D eigenvalue weighted by Gasteiger charge is -2.35. The van der Waals surface area contributed by atoms with Crippen molar-refractivity contribution in [2.24, 2.45) is 0 Å². The number of nitrogens with zero attached hydrogens (tertiary/aromatic N) is 2. The second-order valence-corrected chi connectivity index (χ2v) is 15.8. The van der Waals surface area contributed by atoms with Crippen LogP contribution >= 0.6 is 22.7 Å². The number of fused-ring (bicyclic) bond motifs is 2. The molecule has 2 aromatic carbocycles. The first kappa shape index (κ1) is 37.7. The minimum atomic E-state index is -1.80. The number of phenolic OH excluding ortho intramolecular Hbond substituents is 1. The number of ether oxygens (including phenoxy) is 1. The van der Waals surface area contributed by atoms with Crippen molar-refractivity contribution in [3.8, 4) is 5.75 Å². The number of oxazole rings is 1. The fraction of sp³-hybridized carbons (Fsp3) is 0.375. The molecule has 0 bridgehead atoms. The number of esters is 1. The highest BCUT2D eigenvalue weighted by atomic mass is 32.1. The third kappa shape index (κ3) is 7.95. The molecular weight excluding hydrogens is 729 g/mol. The number of aliphatic hydroxyl groups is 2. The van der Waals surface area contributed by atoms with E-state index in [-0.39, 0.29) is 29.7 Å². The fourth-order valence-electron chi connectivity index (χ4n) is 7.40. The molecule has 7 rings (SSSR count). The minimum Gasteiger partial charge on any atom is -0.506 e. The minimum absolute atomic E-state index is 0.0536. The number of thiophene rings is 2. The molecule has 54 heavy (non-hydrogen) atoms. The van der Waals surface area contributed by atoms with Crippen molar-refractivity contribution in [3.63, 3.8) is 0 Å². The van der Waals surface area contributed by atoms with Gasteiger partial charge in [0.15, 0.2) is 5.58 Å². The number of aryl methyl sites for hydroxylation is 1. The Hall–Kier alpha value is -4.57. The largest absolute Gasteiger partial charge is 0.506 e. The van der Waals surface area contributed by atoms with Crippen molar-refractivity contribution >= 4 is 50.6 Å². The smallest absolute Gasteiger partial charge is 0.419 e. The predicted octanol–water partition coefficient (Wildman–Crippen LogP) is 5.24. The highest BCUT2D eigenvalue weighted by molar-refractivity contribution is 7.12. The maximum atomic E-state index is 13.4. The predicted molar refractivity (Wildman–Crippen MR) is 209 cm³/mol. The maximum absolute atomic E-state index is 13.4. The second-order valence-electron chi connectivity index (χ2n) is 13.9. The molecule has 12 nitrogen and oxygen atoms in total. The number of aliphatic hydroxyl groups excluding tert-OH is 1. The SMILES string of the molecule is CN(CCCn1c(=O)oc2cc(CCNC[C@H](O)c3ccc(O)c4[nH]c(=O)ccc34)ccc21)[C@H]1CC[C@H](OC(=O)C(O)(c2cccs2)c2cccs2)CC1. The number of hydrogen-bond donors (Lipinski definition) is 5. The van der Waals surface area contributed by atoms with Crippen LogP contribution < -0.4 is 16.6 Å². The molecular formula is C40H44N4O8S2. The number of carbonyl (C=O) groups excluding carboxylic acids is 1. The van der Waals surface area contributed by atoms with E-state index in [9.17, 15) is 29.7 Å². The van der Waals surface area contributed by atoms with E-state index in [4.69, 9.17) is 9.15 Å². The van der Waals surface area contributed by atoms with Crippen LogP contribution in [0.3, 0.4) is 0 Å². The summed E-state index contributed by atoms with van der Waals surface area (Å²) in [6.07, 6.45) is 3.47. The van der Waals surface area contributed by atoms with Crippen LogP contribution in [-0.4, -0.2) is 74.6 Å². The van der Waals surface area contributed by atoms with Gasteiger partial charge >= 0.3 is 11.7 Å². The lowest BCUT2D eigenvalue weighted by Crippen LogP contribution is -2.42. The average molecular weight is 773 g/mol. The first-order valence-corrected chi connectivity index (χ1v) is 20.0. The summed E-state index contributed by atoms with van der Waals surface area (Å²) in [6.45, 7) is 2.15. The summed E-state index contributed by atoms with van der Waals surface area (Å²) < 4.78 is 13.2. The summed E-state index contributed by atoms with van der Waals surface area (Å²) >= 11 is 2.67. The Labute approximate surface area is 319 Å². The molecule has 1 atom stereocenters. The Bertz CT molecular complexity index is 2270. The number of hydrogen-bond acceptors (Lipinski definition) is 12. The molecule has 14 heteroatoms. The summed E-state index contributed by atoms with van der Waals surface area (Å²) in [5.74, 6) is -1.06. The van der Waals surface area contributed by atoms with E-state index in [0.29, 0.717) is 70.2 Å². The molecule has 0 spiro atoms. The van der Waals surface area contributed by atoms with Crippen molar-refractivity contribution in [2.45, 2.75) is 68.9 Å². The molecule has 5 N–H and O–H groups in total. The third-order valence-electron chi connectivity index (χ3n) is 10.4. The number of carbonyl (C=O) groups is 1. The Morgan fingerprint density at radius 2 is 1.80 bits per heavy atom. The van der Waals surface area contributed by atoms with Gasteiger partial charge in [0.25, 0.3) is 0 Å². The molecule has 1 aliphatic carbocycles. The zero-order chi connectivity index (χ0) is 37.8. The van der Waals surface area contributed by atoms with Crippen LogP contribution in [0.4, 0.5) is 0 Å². The van der Waals surface area contributed by atoms with Gasteiger partial charge in [-0.2, -0.15) is 0 Å². The summed E-state index contributed by atoms with van der Waals surface area (Å²) in [6, 6.07) is 19.3. The Morgan fingerprint density at radius 3 is 2.50 bits per heavy atom. The van der Waals surface area contributed by atoms with Crippen molar-refractivity contribution in [2.75, 3.05) is 26.7 Å². The van der Waals surface area contributed by atoms with Gasteiger partial charge < -0.3 is 39.7 Å². The van der Waals surface area contributed by atoms with Gasteiger partial charge in [0.1, 0.15) is 11.9 Å². The monoisotopic (exact) mass is 772 g/mol. The van der Waals surface area contributed by atoms with E-state index in [1.54, 1.807) is 28.8 Å². The van der Waals surface area contributed by atoms with Crippen LogP contribution in [0.25, 0.3) is 22.0 Å². The molecule has 0 amide bonds. The number of benzene rings is 2. The van der Waals surface area contributed by atoms with Crippen LogP contribution in [0.1, 0.15) is 59.1 Å². The van der Waals surface area contributed by atoms with Crippen LogP contribution in [-0.2, 0) is 28.1 Å². The van der Waals surface area contributed by atoms with Gasteiger partial charge in [0, 0.05) is 30.6 Å². The lowest BCUT2D eigenvalue weighted by molar-refractivity contribution is -0.169. The molecule has 1 aliphatic rings. The zero-order valence-electron chi connectivity index (χ0n) is 29.9. The van der Waals surface area contributed by atoms with Gasteiger partial charge in [-0.25, -0.2) is 9.59 Å².